The number of para-hydroxylation sites is 1. The van der Waals surface area contributed by atoms with Gasteiger partial charge >= 0.3 is 5.97 Å². The van der Waals surface area contributed by atoms with Crippen LogP contribution in [-0.4, -0.2) is 17.2 Å². The normalized spacial score (nSPS) is 23.1. The van der Waals surface area contributed by atoms with Crippen molar-refractivity contribution < 1.29 is 14.6 Å². The Balaban J connectivity index is 2.32. The molecule has 1 aromatic carbocycles. The van der Waals surface area contributed by atoms with Crippen molar-refractivity contribution in [2.75, 3.05) is 0 Å². The third-order valence-corrected chi connectivity index (χ3v) is 3.51. The van der Waals surface area contributed by atoms with E-state index in [0.29, 0.717) is 0 Å². The lowest BCUT2D eigenvalue weighted by Crippen LogP contribution is -2.37. The number of carboxylic acid groups (broad SMARTS) is 1. The summed E-state index contributed by atoms with van der Waals surface area (Å²) >= 11 is 0. The van der Waals surface area contributed by atoms with Gasteiger partial charge in [0.1, 0.15) is 11.9 Å². The van der Waals surface area contributed by atoms with Crippen LogP contribution in [0.3, 0.4) is 0 Å². The molecule has 3 nitrogen and oxygen atoms in total. The van der Waals surface area contributed by atoms with E-state index in [1.807, 2.05) is 24.3 Å². The molecule has 0 fully saturated rings. The summed E-state index contributed by atoms with van der Waals surface area (Å²) in [6, 6.07) is 7.78. The fourth-order valence-electron chi connectivity index (χ4n) is 2.45. The SMILES string of the molecule is CC(C)(C)[C@H]1CC(CC(=O)O)c2ccccc2O1. The molecule has 3 heteroatoms. The van der Waals surface area contributed by atoms with Crippen molar-refractivity contribution in [2.24, 2.45) is 5.41 Å². The molecule has 0 aromatic heterocycles. The van der Waals surface area contributed by atoms with Gasteiger partial charge in [-0.2, -0.15) is 0 Å². The van der Waals surface area contributed by atoms with Crippen LogP contribution in [-0.2, 0) is 4.79 Å². The number of benzene rings is 1. The molecule has 98 valence electrons. The topological polar surface area (TPSA) is 46.5 Å². The molecule has 1 aliphatic heterocycles. The van der Waals surface area contributed by atoms with Crippen molar-refractivity contribution in [1.29, 1.82) is 0 Å². The number of carbonyl (C=O) groups is 1. The van der Waals surface area contributed by atoms with Gasteiger partial charge in [0.25, 0.3) is 0 Å². The zero-order valence-electron chi connectivity index (χ0n) is 11.1. The summed E-state index contributed by atoms with van der Waals surface area (Å²) in [5.41, 5.74) is 1.05. The highest BCUT2D eigenvalue weighted by Gasteiger charge is 2.35. The zero-order valence-corrected chi connectivity index (χ0v) is 11.1. The standard InChI is InChI=1S/C15H20O3/c1-15(2,3)13-8-10(9-14(16)17)11-6-4-5-7-12(11)18-13/h4-7,10,13H,8-9H2,1-3H3,(H,16,17)/t10?,13-/m1/s1. The molecule has 0 saturated heterocycles. The Bertz CT molecular complexity index is 445. The molecule has 1 unspecified atom stereocenters. The Morgan fingerprint density at radius 1 is 1.39 bits per heavy atom. The van der Waals surface area contributed by atoms with E-state index in [1.54, 1.807) is 0 Å². The van der Waals surface area contributed by atoms with Crippen molar-refractivity contribution in [1.82, 2.24) is 0 Å². The minimum atomic E-state index is -0.746. The molecular weight excluding hydrogens is 228 g/mol. The molecule has 1 N–H and O–H groups in total. The zero-order chi connectivity index (χ0) is 13.3. The molecule has 1 heterocycles. The summed E-state index contributed by atoms with van der Waals surface area (Å²) in [4.78, 5) is 11.0. The van der Waals surface area contributed by atoms with Crippen LogP contribution in [0.2, 0.25) is 0 Å². The second-order valence-electron chi connectivity index (χ2n) is 6.04. The lowest BCUT2D eigenvalue weighted by Gasteiger charge is -2.38. The molecule has 18 heavy (non-hydrogen) atoms. The van der Waals surface area contributed by atoms with Crippen LogP contribution in [0.4, 0.5) is 0 Å². The van der Waals surface area contributed by atoms with Gasteiger partial charge in [-0.3, -0.25) is 4.79 Å². The molecule has 2 rings (SSSR count). The monoisotopic (exact) mass is 248 g/mol. The van der Waals surface area contributed by atoms with Crippen molar-refractivity contribution in [3.05, 3.63) is 29.8 Å². The number of aliphatic carboxylic acids is 1. The number of ether oxygens (including phenoxy) is 1. The van der Waals surface area contributed by atoms with E-state index in [9.17, 15) is 4.79 Å². The fraction of sp³-hybridized carbons (Fsp3) is 0.533. The van der Waals surface area contributed by atoms with Gasteiger partial charge in [0.2, 0.25) is 0 Å². The molecular formula is C15H20O3. The number of hydrogen-bond acceptors (Lipinski definition) is 2. The lowest BCUT2D eigenvalue weighted by atomic mass is 9.78. The number of hydrogen-bond donors (Lipinski definition) is 1. The van der Waals surface area contributed by atoms with Crippen LogP contribution in [0.25, 0.3) is 0 Å². The van der Waals surface area contributed by atoms with Gasteiger partial charge in [-0.05, 0) is 23.5 Å². The van der Waals surface area contributed by atoms with E-state index in [0.717, 1.165) is 17.7 Å². The Morgan fingerprint density at radius 2 is 2.06 bits per heavy atom. The van der Waals surface area contributed by atoms with E-state index in [2.05, 4.69) is 20.8 Å². The molecule has 0 amide bonds. The predicted octanol–water partition coefficient (Wildman–Crippen LogP) is 3.44. The van der Waals surface area contributed by atoms with Crippen LogP contribution < -0.4 is 4.74 Å². The molecule has 0 bridgehead atoms. The van der Waals surface area contributed by atoms with Gasteiger partial charge in [0.15, 0.2) is 0 Å². The maximum atomic E-state index is 11.0. The highest BCUT2D eigenvalue weighted by atomic mass is 16.5. The Hall–Kier alpha value is -1.51. The second-order valence-corrected chi connectivity index (χ2v) is 6.04. The molecule has 0 spiro atoms. The van der Waals surface area contributed by atoms with Crippen LogP contribution in [0.15, 0.2) is 24.3 Å². The largest absolute Gasteiger partial charge is 0.490 e. The van der Waals surface area contributed by atoms with Crippen LogP contribution in [0, 0.1) is 5.41 Å². The predicted molar refractivity (Wildman–Crippen MR) is 69.9 cm³/mol. The van der Waals surface area contributed by atoms with Gasteiger partial charge < -0.3 is 9.84 Å². The minimum absolute atomic E-state index is 0.0181. The third-order valence-electron chi connectivity index (χ3n) is 3.51. The molecule has 0 aliphatic carbocycles. The minimum Gasteiger partial charge on any atom is -0.490 e. The fourth-order valence-corrected chi connectivity index (χ4v) is 2.45. The summed E-state index contributed by atoms with van der Waals surface area (Å²) in [6.07, 6.45) is 1.01. The van der Waals surface area contributed by atoms with Crippen molar-refractivity contribution >= 4 is 5.97 Å². The first-order valence-electron chi connectivity index (χ1n) is 6.35. The first-order chi connectivity index (χ1) is 8.38. The quantitative estimate of drug-likeness (QED) is 0.872. The van der Waals surface area contributed by atoms with Crippen LogP contribution in [0.1, 0.15) is 45.1 Å². The summed E-state index contributed by atoms with van der Waals surface area (Å²) < 4.78 is 6.02. The summed E-state index contributed by atoms with van der Waals surface area (Å²) in [5, 5.41) is 9.04. The van der Waals surface area contributed by atoms with Crippen molar-refractivity contribution in [3.63, 3.8) is 0 Å². The van der Waals surface area contributed by atoms with Crippen molar-refractivity contribution in [2.45, 2.75) is 45.6 Å². The van der Waals surface area contributed by atoms with Crippen LogP contribution in [0.5, 0.6) is 5.75 Å². The smallest absolute Gasteiger partial charge is 0.303 e. The third kappa shape index (κ3) is 2.66. The average Bonchev–Trinajstić information content (AvgIpc) is 2.27. The van der Waals surface area contributed by atoms with E-state index in [4.69, 9.17) is 9.84 Å². The van der Waals surface area contributed by atoms with Crippen LogP contribution >= 0.6 is 0 Å². The molecule has 1 aliphatic rings. The Morgan fingerprint density at radius 3 is 2.67 bits per heavy atom. The van der Waals surface area contributed by atoms with Gasteiger partial charge in [-0.15, -0.1) is 0 Å². The Labute approximate surface area is 108 Å². The average molecular weight is 248 g/mol. The van der Waals surface area contributed by atoms with Gasteiger partial charge in [0, 0.05) is 5.92 Å². The van der Waals surface area contributed by atoms with Gasteiger partial charge in [-0.1, -0.05) is 39.0 Å². The van der Waals surface area contributed by atoms with Gasteiger partial charge in [-0.25, -0.2) is 0 Å². The lowest BCUT2D eigenvalue weighted by molar-refractivity contribution is -0.137. The van der Waals surface area contributed by atoms with Gasteiger partial charge in [0.05, 0.1) is 6.42 Å². The van der Waals surface area contributed by atoms with E-state index >= 15 is 0 Å². The molecule has 0 saturated carbocycles. The first kappa shape index (κ1) is 12.9. The first-order valence-corrected chi connectivity index (χ1v) is 6.35. The molecule has 1 aromatic rings. The summed E-state index contributed by atoms with van der Waals surface area (Å²) in [7, 11) is 0. The molecule has 0 radical (unpaired) electrons. The highest BCUT2D eigenvalue weighted by molar-refractivity contribution is 5.68. The maximum Gasteiger partial charge on any atom is 0.303 e. The molecule has 2 atom stereocenters. The van der Waals surface area contributed by atoms with E-state index in [-0.39, 0.29) is 23.9 Å². The number of fused-ring (bicyclic) bond motifs is 1. The van der Waals surface area contributed by atoms with E-state index < -0.39 is 5.97 Å². The summed E-state index contributed by atoms with van der Waals surface area (Å²) in [6.45, 7) is 6.39. The van der Waals surface area contributed by atoms with E-state index in [1.165, 1.54) is 0 Å². The highest BCUT2D eigenvalue weighted by Crippen LogP contribution is 2.42. The number of carboxylic acids is 1. The maximum absolute atomic E-state index is 11.0. The Kier molecular flexibility index (Phi) is 3.33. The number of rotatable bonds is 2. The summed E-state index contributed by atoms with van der Waals surface area (Å²) in [5.74, 6) is 0.149. The second kappa shape index (κ2) is 4.63. The van der Waals surface area contributed by atoms with Crippen molar-refractivity contribution in [3.8, 4) is 5.75 Å².